The van der Waals surface area contributed by atoms with Crippen molar-refractivity contribution >= 4 is 34.3 Å². The lowest BCUT2D eigenvalue weighted by Crippen LogP contribution is -2.28. The Morgan fingerprint density at radius 1 is 1.17 bits per heavy atom. The Labute approximate surface area is 174 Å². The van der Waals surface area contributed by atoms with Crippen LogP contribution in [0.2, 0.25) is 0 Å². The summed E-state index contributed by atoms with van der Waals surface area (Å²) in [5, 5.41) is 3.64. The van der Waals surface area contributed by atoms with Crippen molar-refractivity contribution in [2.24, 2.45) is 0 Å². The molecular weight excluding hydrogens is 386 g/mol. The summed E-state index contributed by atoms with van der Waals surface area (Å²) in [4.78, 5) is 30.4. The van der Waals surface area contributed by atoms with Crippen molar-refractivity contribution in [3.05, 3.63) is 63.9 Å². The first kappa shape index (κ1) is 21.1. The summed E-state index contributed by atoms with van der Waals surface area (Å²) in [7, 11) is 1.59. The minimum atomic E-state index is -0.434. The quantitative estimate of drug-likeness (QED) is 0.473. The highest BCUT2D eigenvalue weighted by atomic mass is 32.2. The van der Waals surface area contributed by atoms with Gasteiger partial charge in [-0.05, 0) is 44.0 Å². The van der Waals surface area contributed by atoms with E-state index in [9.17, 15) is 9.59 Å². The number of aromatic nitrogens is 2. The number of rotatable bonds is 7. The number of nitrogens with zero attached hydrogens (tertiary/aromatic N) is 2. The zero-order valence-electron chi connectivity index (χ0n) is 17.1. The molecule has 2 aromatic carbocycles. The smallest absolute Gasteiger partial charge is 0.262 e. The monoisotopic (exact) mass is 411 g/mol. The number of anilines is 1. The van der Waals surface area contributed by atoms with Crippen molar-refractivity contribution in [1.82, 2.24) is 9.55 Å². The number of amides is 1. The summed E-state index contributed by atoms with van der Waals surface area (Å²) < 4.78 is 6.73. The fourth-order valence-corrected chi connectivity index (χ4v) is 4.00. The van der Waals surface area contributed by atoms with Crippen LogP contribution >= 0.6 is 11.8 Å². The number of fused-ring (bicyclic) bond motifs is 1. The van der Waals surface area contributed by atoms with Gasteiger partial charge in [-0.2, -0.15) is 0 Å². The van der Waals surface area contributed by atoms with Gasteiger partial charge in [-0.25, -0.2) is 4.98 Å². The third kappa shape index (κ3) is 4.68. The van der Waals surface area contributed by atoms with Crippen LogP contribution in [0.5, 0.6) is 0 Å². The standard InChI is InChI=1S/C22H25N3O3S/c1-14-8-7-9-15(2)19(14)24-20(26)16(3)29-22-23-18-11-6-5-10-17(18)21(27)25(22)12-13-28-4/h5-11,16H,12-13H2,1-4H3,(H,24,26)/t16-/m1/s1. The summed E-state index contributed by atoms with van der Waals surface area (Å²) in [6.07, 6.45) is 0. The lowest BCUT2D eigenvalue weighted by atomic mass is 10.1. The highest BCUT2D eigenvalue weighted by Crippen LogP contribution is 2.25. The van der Waals surface area contributed by atoms with Gasteiger partial charge in [0, 0.05) is 12.8 Å². The first-order chi connectivity index (χ1) is 13.9. The maximum Gasteiger partial charge on any atom is 0.262 e. The molecule has 3 rings (SSSR count). The fourth-order valence-electron chi connectivity index (χ4n) is 3.07. The summed E-state index contributed by atoms with van der Waals surface area (Å²) in [5.41, 5.74) is 3.34. The lowest BCUT2D eigenvalue weighted by molar-refractivity contribution is -0.115. The van der Waals surface area contributed by atoms with Crippen molar-refractivity contribution in [1.29, 1.82) is 0 Å². The van der Waals surface area contributed by atoms with Crippen LogP contribution in [0.3, 0.4) is 0 Å². The van der Waals surface area contributed by atoms with E-state index in [4.69, 9.17) is 4.74 Å². The molecule has 0 unspecified atom stereocenters. The van der Waals surface area contributed by atoms with Gasteiger partial charge >= 0.3 is 0 Å². The molecule has 0 fully saturated rings. The van der Waals surface area contributed by atoms with E-state index in [1.807, 2.05) is 57.2 Å². The molecule has 0 bridgehead atoms. The van der Waals surface area contributed by atoms with Crippen molar-refractivity contribution < 1.29 is 9.53 Å². The van der Waals surface area contributed by atoms with Gasteiger partial charge in [-0.1, -0.05) is 42.1 Å². The maximum atomic E-state index is 12.9. The summed E-state index contributed by atoms with van der Waals surface area (Å²) in [5.74, 6) is -0.131. The van der Waals surface area contributed by atoms with E-state index in [1.165, 1.54) is 11.8 Å². The molecule has 7 heteroatoms. The van der Waals surface area contributed by atoms with E-state index in [1.54, 1.807) is 17.7 Å². The zero-order chi connectivity index (χ0) is 21.0. The van der Waals surface area contributed by atoms with Crippen LogP contribution in [0.1, 0.15) is 18.1 Å². The molecular formula is C22H25N3O3S. The summed E-state index contributed by atoms with van der Waals surface area (Å²) in [6.45, 7) is 6.51. The minimum Gasteiger partial charge on any atom is -0.383 e. The fraction of sp³-hybridized carbons (Fsp3) is 0.318. The molecule has 0 spiro atoms. The minimum absolute atomic E-state index is 0.127. The molecule has 0 radical (unpaired) electrons. The Kier molecular flexibility index (Phi) is 6.71. The second kappa shape index (κ2) is 9.24. The highest BCUT2D eigenvalue weighted by molar-refractivity contribution is 8.00. The predicted octanol–water partition coefficient (Wildman–Crippen LogP) is 3.78. The first-order valence-electron chi connectivity index (χ1n) is 9.44. The molecule has 152 valence electrons. The molecule has 1 N–H and O–H groups in total. The number of ether oxygens (including phenoxy) is 1. The summed E-state index contributed by atoms with van der Waals surface area (Å²) in [6, 6.07) is 13.1. The van der Waals surface area contributed by atoms with E-state index in [0.717, 1.165) is 16.8 Å². The summed E-state index contributed by atoms with van der Waals surface area (Å²) >= 11 is 1.27. The van der Waals surface area contributed by atoms with E-state index in [2.05, 4.69) is 10.3 Å². The van der Waals surface area contributed by atoms with Gasteiger partial charge in [0.2, 0.25) is 5.91 Å². The highest BCUT2D eigenvalue weighted by Gasteiger charge is 2.20. The SMILES string of the molecule is COCCn1c(S[C@H](C)C(=O)Nc2c(C)cccc2C)nc2ccccc2c1=O. The Bertz CT molecular complexity index is 1070. The second-order valence-corrected chi connectivity index (χ2v) is 8.19. The molecule has 0 aliphatic heterocycles. The van der Waals surface area contributed by atoms with Crippen molar-refractivity contribution in [3.8, 4) is 0 Å². The number of hydrogen-bond acceptors (Lipinski definition) is 5. The van der Waals surface area contributed by atoms with Crippen LogP contribution in [0.4, 0.5) is 5.69 Å². The molecule has 1 aromatic heterocycles. The number of aryl methyl sites for hydroxylation is 2. The number of nitrogens with one attached hydrogen (secondary N) is 1. The Morgan fingerprint density at radius 2 is 1.86 bits per heavy atom. The van der Waals surface area contributed by atoms with Crippen LogP contribution in [0.15, 0.2) is 52.4 Å². The van der Waals surface area contributed by atoms with E-state index in [0.29, 0.717) is 29.2 Å². The Morgan fingerprint density at radius 3 is 2.55 bits per heavy atom. The van der Waals surface area contributed by atoms with Crippen molar-refractivity contribution in [2.45, 2.75) is 37.7 Å². The van der Waals surface area contributed by atoms with Gasteiger partial charge in [-0.3, -0.25) is 14.2 Å². The number of carbonyl (C=O) groups is 1. The first-order valence-corrected chi connectivity index (χ1v) is 10.3. The number of methoxy groups -OCH3 is 1. The topological polar surface area (TPSA) is 73.2 Å². The third-order valence-corrected chi connectivity index (χ3v) is 5.82. The van der Waals surface area contributed by atoms with Crippen LogP contribution in [0.25, 0.3) is 10.9 Å². The van der Waals surface area contributed by atoms with E-state index in [-0.39, 0.29) is 11.5 Å². The second-order valence-electron chi connectivity index (χ2n) is 6.88. The molecule has 0 saturated carbocycles. The van der Waals surface area contributed by atoms with Gasteiger partial charge in [0.15, 0.2) is 5.16 Å². The molecule has 6 nitrogen and oxygen atoms in total. The Balaban J connectivity index is 1.89. The lowest BCUT2D eigenvalue weighted by Gasteiger charge is -2.17. The molecule has 0 aliphatic carbocycles. The van der Waals surface area contributed by atoms with Crippen molar-refractivity contribution in [2.75, 3.05) is 19.0 Å². The van der Waals surface area contributed by atoms with Gasteiger partial charge in [0.25, 0.3) is 5.56 Å². The van der Waals surface area contributed by atoms with Crippen LogP contribution in [0, 0.1) is 13.8 Å². The van der Waals surface area contributed by atoms with Gasteiger partial charge < -0.3 is 10.1 Å². The van der Waals surface area contributed by atoms with E-state index < -0.39 is 5.25 Å². The van der Waals surface area contributed by atoms with Gasteiger partial charge in [0.1, 0.15) is 0 Å². The molecule has 0 saturated heterocycles. The van der Waals surface area contributed by atoms with E-state index >= 15 is 0 Å². The number of benzene rings is 2. The normalized spacial score (nSPS) is 12.1. The molecule has 1 heterocycles. The zero-order valence-corrected chi connectivity index (χ0v) is 17.9. The number of hydrogen-bond donors (Lipinski definition) is 1. The number of thioether (sulfide) groups is 1. The van der Waals surface area contributed by atoms with Crippen LogP contribution < -0.4 is 10.9 Å². The molecule has 3 aromatic rings. The average molecular weight is 412 g/mol. The molecule has 0 aliphatic rings. The Hall–Kier alpha value is -2.64. The van der Waals surface area contributed by atoms with Gasteiger partial charge in [0.05, 0.1) is 29.3 Å². The maximum absolute atomic E-state index is 12.9. The predicted molar refractivity (Wildman–Crippen MR) is 118 cm³/mol. The number of carbonyl (C=O) groups excluding carboxylic acids is 1. The average Bonchev–Trinajstić information content (AvgIpc) is 2.70. The van der Waals surface area contributed by atoms with Crippen molar-refractivity contribution in [3.63, 3.8) is 0 Å². The van der Waals surface area contributed by atoms with Gasteiger partial charge in [-0.15, -0.1) is 0 Å². The molecule has 1 amide bonds. The van der Waals surface area contributed by atoms with Crippen LogP contribution in [-0.4, -0.2) is 34.4 Å². The third-order valence-electron chi connectivity index (χ3n) is 4.73. The number of para-hydroxylation sites is 2. The largest absolute Gasteiger partial charge is 0.383 e. The molecule has 1 atom stereocenters. The van der Waals surface area contributed by atoms with Crippen LogP contribution in [-0.2, 0) is 16.1 Å². The molecule has 29 heavy (non-hydrogen) atoms.